The van der Waals surface area contributed by atoms with Crippen molar-refractivity contribution in [3.63, 3.8) is 0 Å². The van der Waals surface area contributed by atoms with E-state index >= 15 is 0 Å². The number of aryl methyl sites for hydroxylation is 1. The van der Waals surface area contributed by atoms with Gasteiger partial charge in [0.05, 0.1) is 0 Å². The molecule has 0 atom stereocenters. The van der Waals surface area contributed by atoms with Crippen LogP contribution >= 0.6 is 22.6 Å². The van der Waals surface area contributed by atoms with Gasteiger partial charge in [-0.2, -0.15) is 0 Å². The van der Waals surface area contributed by atoms with Crippen LogP contribution in [0.4, 0.5) is 4.39 Å². The number of nitrogens with two attached hydrogens (primary N) is 1. The normalized spacial score (nSPS) is 10.2. The van der Waals surface area contributed by atoms with E-state index in [1.165, 1.54) is 12.1 Å². The molecular formula is C8H9FIN. The van der Waals surface area contributed by atoms with Crippen molar-refractivity contribution in [2.75, 3.05) is 0 Å². The average molecular weight is 265 g/mol. The Kier molecular flexibility index (Phi) is 2.84. The van der Waals surface area contributed by atoms with Gasteiger partial charge in [0.15, 0.2) is 0 Å². The minimum Gasteiger partial charge on any atom is -0.326 e. The lowest BCUT2D eigenvalue weighted by molar-refractivity contribution is 0.623. The molecule has 0 amide bonds. The molecule has 0 saturated carbocycles. The molecule has 1 aromatic rings. The van der Waals surface area contributed by atoms with E-state index in [2.05, 4.69) is 22.6 Å². The van der Waals surface area contributed by atoms with Crippen LogP contribution in [0.3, 0.4) is 0 Å². The van der Waals surface area contributed by atoms with Gasteiger partial charge < -0.3 is 5.73 Å². The Hall–Kier alpha value is -0.160. The fourth-order valence-electron chi connectivity index (χ4n) is 0.943. The van der Waals surface area contributed by atoms with E-state index < -0.39 is 0 Å². The number of halogens is 2. The first-order chi connectivity index (χ1) is 5.15. The predicted molar refractivity (Wildman–Crippen MR) is 51.7 cm³/mol. The van der Waals surface area contributed by atoms with Crippen LogP contribution in [0.2, 0.25) is 0 Å². The molecule has 0 saturated heterocycles. The van der Waals surface area contributed by atoms with Crippen LogP contribution < -0.4 is 5.73 Å². The third-order valence-corrected chi connectivity index (χ3v) is 3.06. The zero-order chi connectivity index (χ0) is 8.43. The standard InChI is InChI=1S/C8H9FIN/c1-5-2-7(9)3-6(4-11)8(5)10/h2-3H,4,11H2,1H3. The van der Waals surface area contributed by atoms with Gasteiger partial charge in [0.2, 0.25) is 0 Å². The molecule has 0 fully saturated rings. The van der Waals surface area contributed by atoms with E-state index in [-0.39, 0.29) is 5.82 Å². The van der Waals surface area contributed by atoms with E-state index in [9.17, 15) is 4.39 Å². The molecule has 0 spiro atoms. The maximum atomic E-state index is 12.7. The summed E-state index contributed by atoms with van der Waals surface area (Å²) in [4.78, 5) is 0. The molecule has 0 aliphatic rings. The van der Waals surface area contributed by atoms with Gasteiger partial charge in [-0.15, -0.1) is 0 Å². The van der Waals surface area contributed by atoms with Crippen LogP contribution in [0.1, 0.15) is 11.1 Å². The van der Waals surface area contributed by atoms with Crippen molar-refractivity contribution in [1.82, 2.24) is 0 Å². The van der Waals surface area contributed by atoms with Crippen molar-refractivity contribution in [3.8, 4) is 0 Å². The summed E-state index contributed by atoms with van der Waals surface area (Å²) < 4.78 is 13.8. The zero-order valence-corrected chi connectivity index (χ0v) is 8.35. The summed E-state index contributed by atoms with van der Waals surface area (Å²) in [7, 11) is 0. The summed E-state index contributed by atoms with van der Waals surface area (Å²) in [5.74, 6) is -0.205. The molecule has 60 valence electrons. The summed E-state index contributed by atoms with van der Waals surface area (Å²) in [6.45, 7) is 2.28. The monoisotopic (exact) mass is 265 g/mol. The van der Waals surface area contributed by atoms with E-state index in [0.29, 0.717) is 6.54 Å². The minimum absolute atomic E-state index is 0.205. The second-order valence-corrected chi connectivity index (χ2v) is 3.48. The summed E-state index contributed by atoms with van der Waals surface area (Å²) >= 11 is 2.17. The highest BCUT2D eigenvalue weighted by Gasteiger charge is 2.02. The van der Waals surface area contributed by atoms with Crippen LogP contribution in [0.5, 0.6) is 0 Å². The van der Waals surface area contributed by atoms with Crippen LogP contribution in [0.15, 0.2) is 12.1 Å². The van der Waals surface area contributed by atoms with Crippen molar-refractivity contribution in [2.24, 2.45) is 5.73 Å². The Morgan fingerprint density at radius 2 is 2.18 bits per heavy atom. The Bertz CT molecular complexity index is 273. The molecule has 0 radical (unpaired) electrons. The van der Waals surface area contributed by atoms with E-state index in [1.54, 1.807) is 0 Å². The van der Waals surface area contributed by atoms with Crippen molar-refractivity contribution >= 4 is 22.6 Å². The number of hydrogen-bond donors (Lipinski definition) is 1. The molecule has 0 heterocycles. The molecule has 2 N–H and O–H groups in total. The van der Waals surface area contributed by atoms with Gasteiger partial charge in [0.1, 0.15) is 5.82 Å². The molecule has 0 aliphatic carbocycles. The molecule has 0 bridgehead atoms. The highest BCUT2D eigenvalue weighted by Crippen LogP contribution is 2.17. The summed E-state index contributed by atoms with van der Waals surface area (Å²) in [6.07, 6.45) is 0. The van der Waals surface area contributed by atoms with E-state index in [0.717, 1.165) is 14.7 Å². The molecule has 11 heavy (non-hydrogen) atoms. The maximum absolute atomic E-state index is 12.7. The molecule has 0 unspecified atom stereocenters. The zero-order valence-electron chi connectivity index (χ0n) is 6.20. The average Bonchev–Trinajstić information content (AvgIpc) is 1.96. The predicted octanol–water partition coefficient (Wildman–Crippen LogP) is 2.20. The maximum Gasteiger partial charge on any atom is 0.123 e. The molecule has 1 aromatic carbocycles. The van der Waals surface area contributed by atoms with Gasteiger partial charge in [-0.3, -0.25) is 0 Å². The fourth-order valence-corrected chi connectivity index (χ4v) is 1.48. The third kappa shape index (κ3) is 1.90. The SMILES string of the molecule is Cc1cc(F)cc(CN)c1I. The number of rotatable bonds is 1. The Labute approximate surface area is 78.9 Å². The summed E-state index contributed by atoms with van der Waals surface area (Å²) in [5.41, 5.74) is 7.24. The highest BCUT2D eigenvalue weighted by molar-refractivity contribution is 14.1. The fraction of sp³-hybridized carbons (Fsp3) is 0.250. The summed E-state index contributed by atoms with van der Waals surface area (Å²) in [5, 5.41) is 0. The van der Waals surface area contributed by atoms with Crippen LogP contribution in [0, 0.1) is 16.3 Å². The summed E-state index contributed by atoms with van der Waals surface area (Å²) in [6, 6.07) is 3.00. The molecule has 0 aromatic heterocycles. The molecule has 0 aliphatic heterocycles. The van der Waals surface area contributed by atoms with Crippen molar-refractivity contribution in [2.45, 2.75) is 13.5 Å². The lowest BCUT2D eigenvalue weighted by Crippen LogP contribution is -2.01. The van der Waals surface area contributed by atoms with Crippen LogP contribution in [0.25, 0.3) is 0 Å². The Morgan fingerprint density at radius 1 is 1.55 bits per heavy atom. The van der Waals surface area contributed by atoms with E-state index in [1.807, 2.05) is 6.92 Å². The highest BCUT2D eigenvalue weighted by atomic mass is 127. The van der Waals surface area contributed by atoms with Gasteiger partial charge in [0.25, 0.3) is 0 Å². The van der Waals surface area contributed by atoms with E-state index in [4.69, 9.17) is 5.73 Å². The van der Waals surface area contributed by atoms with Gasteiger partial charge in [0, 0.05) is 10.1 Å². The Morgan fingerprint density at radius 3 is 2.73 bits per heavy atom. The first kappa shape index (κ1) is 8.93. The Balaban J connectivity index is 3.24. The molecule has 3 heteroatoms. The molecular weight excluding hydrogens is 256 g/mol. The quantitative estimate of drug-likeness (QED) is 0.774. The second-order valence-electron chi connectivity index (χ2n) is 2.40. The molecule has 1 rings (SSSR count). The van der Waals surface area contributed by atoms with Gasteiger partial charge in [-0.05, 0) is 52.8 Å². The van der Waals surface area contributed by atoms with Gasteiger partial charge in [-0.1, -0.05) is 0 Å². The smallest absolute Gasteiger partial charge is 0.123 e. The van der Waals surface area contributed by atoms with Gasteiger partial charge >= 0.3 is 0 Å². The lowest BCUT2D eigenvalue weighted by atomic mass is 10.1. The largest absolute Gasteiger partial charge is 0.326 e. The van der Waals surface area contributed by atoms with Crippen molar-refractivity contribution < 1.29 is 4.39 Å². The number of benzene rings is 1. The first-order valence-corrected chi connectivity index (χ1v) is 4.37. The molecule has 1 nitrogen and oxygen atoms in total. The van der Waals surface area contributed by atoms with Crippen molar-refractivity contribution in [3.05, 3.63) is 32.6 Å². The lowest BCUT2D eigenvalue weighted by Gasteiger charge is -2.04. The second kappa shape index (κ2) is 3.49. The van der Waals surface area contributed by atoms with Crippen LogP contribution in [-0.2, 0) is 6.54 Å². The topological polar surface area (TPSA) is 26.0 Å². The van der Waals surface area contributed by atoms with Crippen molar-refractivity contribution in [1.29, 1.82) is 0 Å². The number of hydrogen-bond acceptors (Lipinski definition) is 1. The minimum atomic E-state index is -0.205. The van der Waals surface area contributed by atoms with Gasteiger partial charge in [-0.25, -0.2) is 4.39 Å². The first-order valence-electron chi connectivity index (χ1n) is 3.29. The third-order valence-electron chi connectivity index (χ3n) is 1.51. The van der Waals surface area contributed by atoms with Crippen LogP contribution in [-0.4, -0.2) is 0 Å².